The summed E-state index contributed by atoms with van der Waals surface area (Å²) in [5.41, 5.74) is -3.44. The van der Waals surface area contributed by atoms with E-state index in [-0.39, 0.29) is 11.1 Å². The minimum atomic E-state index is -4.95. The molecule has 1 heterocycles. The predicted molar refractivity (Wildman–Crippen MR) is 80.7 cm³/mol. The highest BCUT2D eigenvalue weighted by molar-refractivity contribution is 9.10. The number of hydrogen-bond acceptors (Lipinski definition) is 3. The van der Waals surface area contributed by atoms with E-state index in [1.165, 1.54) is 36.7 Å². The molecule has 0 radical (unpaired) electrons. The number of aliphatic hydroxyl groups is 1. The SMILES string of the molecule is O=C(NC[C@@](O)(c1ccccc1)C(F)(F)F)c1cncc(Br)c1. The molecule has 0 saturated carbocycles. The number of pyridine rings is 1. The molecule has 8 heteroatoms. The largest absolute Gasteiger partial charge is 0.423 e. The lowest BCUT2D eigenvalue weighted by atomic mass is 9.93. The third-order valence-electron chi connectivity index (χ3n) is 3.19. The summed E-state index contributed by atoms with van der Waals surface area (Å²) in [4.78, 5) is 15.7. The highest BCUT2D eigenvalue weighted by atomic mass is 79.9. The molecule has 0 fully saturated rings. The van der Waals surface area contributed by atoms with E-state index in [1.54, 1.807) is 0 Å². The van der Waals surface area contributed by atoms with Crippen molar-refractivity contribution < 1.29 is 23.1 Å². The van der Waals surface area contributed by atoms with Crippen LogP contribution in [0.15, 0.2) is 53.3 Å². The van der Waals surface area contributed by atoms with E-state index in [2.05, 4.69) is 26.2 Å². The Morgan fingerprint density at radius 2 is 1.87 bits per heavy atom. The first-order chi connectivity index (χ1) is 10.7. The van der Waals surface area contributed by atoms with E-state index in [0.29, 0.717) is 4.47 Å². The number of amides is 1. The van der Waals surface area contributed by atoms with E-state index in [9.17, 15) is 23.1 Å². The number of alkyl halides is 3. The lowest BCUT2D eigenvalue weighted by molar-refractivity contribution is -0.263. The average molecular weight is 389 g/mol. The summed E-state index contributed by atoms with van der Waals surface area (Å²) in [6.45, 7) is -1.01. The van der Waals surface area contributed by atoms with E-state index in [4.69, 9.17) is 0 Å². The van der Waals surface area contributed by atoms with Crippen LogP contribution in [0, 0.1) is 0 Å². The van der Waals surface area contributed by atoms with Crippen LogP contribution >= 0.6 is 15.9 Å². The van der Waals surface area contributed by atoms with Crippen molar-refractivity contribution in [2.24, 2.45) is 0 Å². The number of nitrogens with zero attached hydrogens (tertiary/aromatic N) is 1. The molecular formula is C15H12BrF3N2O2. The van der Waals surface area contributed by atoms with Gasteiger partial charge in [-0.25, -0.2) is 0 Å². The molecule has 1 amide bonds. The molecule has 2 rings (SSSR count). The number of hydrogen-bond donors (Lipinski definition) is 2. The third kappa shape index (κ3) is 3.89. The monoisotopic (exact) mass is 388 g/mol. The molecule has 2 aromatic rings. The van der Waals surface area contributed by atoms with Crippen LogP contribution in [0.2, 0.25) is 0 Å². The van der Waals surface area contributed by atoms with Crippen LogP contribution in [0.5, 0.6) is 0 Å². The Morgan fingerprint density at radius 1 is 1.22 bits per heavy atom. The van der Waals surface area contributed by atoms with Gasteiger partial charge in [0.15, 0.2) is 0 Å². The van der Waals surface area contributed by atoms with Crippen molar-refractivity contribution in [3.8, 4) is 0 Å². The number of rotatable bonds is 4. The molecule has 0 aliphatic rings. The zero-order valence-electron chi connectivity index (χ0n) is 11.6. The standard InChI is InChI=1S/C15H12BrF3N2O2/c16-12-6-10(7-20-8-12)13(22)21-9-14(23,15(17,18)19)11-4-2-1-3-5-11/h1-8,23H,9H2,(H,21,22)/t14-/m1/s1. The maximum Gasteiger partial charge on any atom is 0.423 e. The maximum atomic E-state index is 13.3. The van der Waals surface area contributed by atoms with Crippen LogP contribution in [0.25, 0.3) is 0 Å². The number of halogens is 4. The molecule has 0 aliphatic heterocycles. The van der Waals surface area contributed by atoms with E-state index < -0.39 is 24.2 Å². The van der Waals surface area contributed by atoms with E-state index in [0.717, 1.165) is 12.1 Å². The summed E-state index contributed by atoms with van der Waals surface area (Å²) in [5, 5.41) is 12.2. The van der Waals surface area contributed by atoms with Gasteiger partial charge in [-0.1, -0.05) is 30.3 Å². The Kier molecular flexibility index (Phi) is 5.06. The average Bonchev–Trinajstić information content (AvgIpc) is 2.52. The number of carbonyl (C=O) groups is 1. The Labute approximate surface area is 138 Å². The summed E-state index contributed by atoms with van der Waals surface area (Å²) in [7, 11) is 0. The van der Waals surface area contributed by atoms with E-state index >= 15 is 0 Å². The first-order valence-electron chi connectivity index (χ1n) is 6.47. The second-order valence-corrected chi connectivity index (χ2v) is 5.71. The molecule has 4 nitrogen and oxygen atoms in total. The fourth-order valence-corrected chi connectivity index (χ4v) is 2.29. The normalized spacial score (nSPS) is 14.1. The van der Waals surface area contributed by atoms with Gasteiger partial charge in [0.05, 0.1) is 12.1 Å². The van der Waals surface area contributed by atoms with Gasteiger partial charge in [-0.15, -0.1) is 0 Å². The zero-order chi connectivity index (χ0) is 17.1. The molecule has 1 aromatic carbocycles. The van der Waals surface area contributed by atoms with Gasteiger partial charge in [-0.05, 0) is 27.6 Å². The summed E-state index contributed by atoms with van der Waals surface area (Å²) in [6.07, 6.45) is -2.29. The van der Waals surface area contributed by atoms with Gasteiger partial charge < -0.3 is 10.4 Å². The van der Waals surface area contributed by atoms with Crippen molar-refractivity contribution in [2.75, 3.05) is 6.54 Å². The lowest BCUT2D eigenvalue weighted by Crippen LogP contribution is -2.51. The smallest absolute Gasteiger partial charge is 0.375 e. The maximum absolute atomic E-state index is 13.3. The van der Waals surface area contributed by atoms with Crippen LogP contribution in [-0.4, -0.2) is 28.7 Å². The van der Waals surface area contributed by atoms with Crippen molar-refractivity contribution in [1.82, 2.24) is 10.3 Å². The third-order valence-corrected chi connectivity index (χ3v) is 3.63. The quantitative estimate of drug-likeness (QED) is 0.845. The van der Waals surface area contributed by atoms with Crippen LogP contribution in [0.4, 0.5) is 13.2 Å². The fourth-order valence-electron chi connectivity index (χ4n) is 1.93. The molecular weight excluding hydrogens is 377 g/mol. The highest BCUT2D eigenvalue weighted by Gasteiger charge is 2.55. The lowest BCUT2D eigenvalue weighted by Gasteiger charge is -2.31. The summed E-state index contributed by atoms with van der Waals surface area (Å²) < 4.78 is 40.4. The van der Waals surface area contributed by atoms with Crippen LogP contribution < -0.4 is 5.32 Å². The molecule has 0 saturated heterocycles. The predicted octanol–water partition coefficient (Wildman–Crippen LogP) is 3.02. The molecule has 0 aliphatic carbocycles. The summed E-state index contributed by atoms with van der Waals surface area (Å²) >= 11 is 3.12. The molecule has 0 unspecified atom stereocenters. The van der Waals surface area contributed by atoms with Crippen molar-refractivity contribution in [3.63, 3.8) is 0 Å². The van der Waals surface area contributed by atoms with Gasteiger partial charge in [-0.3, -0.25) is 9.78 Å². The molecule has 2 N–H and O–H groups in total. The zero-order valence-corrected chi connectivity index (χ0v) is 13.2. The van der Waals surface area contributed by atoms with Crippen molar-refractivity contribution in [3.05, 3.63) is 64.4 Å². The second kappa shape index (κ2) is 6.67. The Bertz CT molecular complexity index is 695. The summed E-state index contributed by atoms with van der Waals surface area (Å²) in [5.74, 6) is -0.766. The molecule has 0 bridgehead atoms. The van der Waals surface area contributed by atoms with Crippen LogP contribution in [0.3, 0.4) is 0 Å². The molecule has 23 heavy (non-hydrogen) atoms. The van der Waals surface area contributed by atoms with Gasteiger partial charge in [0.25, 0.3) is 5.91 Å². The van der Waals surface area contributed by atoms with Crippen molar-refractivity contribution in [2.45, 2.75) is 11.8 Å². The van der Waals surface area contributed by atoms with Crippen LogP contribution in [0.1, 0.15) is 15.9 Å². The Balaban J connectivity index is 2.22. The highest BCUT2D eigenvalue weighted by Crippen LogP contribution is 2.38. The molecule has 1 aromatic heterocycles. The Hall–Kier alpha value is -1.93. The summed E-state index contributed by atoms with van der Waals surface area (Å²) in [6, 6.07) is 8.02. The van der Waals surface area contributed by atoms with Gasteiger partial charge in [0.2, 0.25) is 5.60 Å². The van der Waals surface area contributed by atoms with Crippen molar-refractivity contribution >= 4 is 21.8 Å². The number of aromatic nitrogens is 1. The second-order valence-electron chi connectivity index (χ2n) is 4.80. The van der Waals surface area contributed by atoms with Gasteiger partial charge >= 0.3 is 6.18 Å². The number of benzene rings is 1. The molecule has 122 valence electrons. The fraction of sp³-hybridized carbons (Fsp3) is 0.200. The van der Waals surface area contributed by atoms with Gasteiger partial charge in [-0.2, -0.15) is 13.2 Å². The number of carbonyl (C=O) groups excluding carboxylic acids is 1. The van der Waals surface area contributed by atoms with Gasteiger partial charge in [0, 0.05) is 16.9 Å². The van der Waals surface area contributed by atoms with E-state index in [1.807, 2.05) is 0 Å². The first kappa shape index (κ1) is 17.4. The minimum absolute atomic E-state index is 0.0805. The Morgan fingerprint density at radius 3 is 2.43 bits per heavy atom. The first-order valence-corrected chi connectivity index (χ1v) is 7.27. The minimum Gasteiger partial charge on any atom is -0.375 e. The topological polar surface area (TPSA) is 62.2 Å². The van der Waals surface area contributed by atoms with Crippen LogP contribution in [-0.2, 0) is 5.60 Å². The van der Waals surface area contributed by atoms with Gasteiger partial charge in [0.1, 0.15) is 0 Å². The molecule has 1 atom stereocenters. The molecule has 0 spiro atoms. The number of nitrogens with one attached hydrogen (secondary N) is 1. The van der Waals surface area contributed by atoms with Crippen molar-refractivity contribution in [1.29, 1.82) is 0 Å².